The van der Waals surface area contributed by atoms with Crippen molar-refractivity contribution < 1.29 is 17.6 Å². The molecule has 4 rings (SSSR count). The van der Waals surface area contributed by atoms with E-state index in [4.69, 9.17) is 0 Å². The molecule has 0 bridgehead atoms. The number of hydrogen-bond donors (Lipinski definition) is 0. The van der Waals surface area contributed by atoms with Crippen LogP contribution in [0.25, 0.3) is 22.2 Å². The van der Waals surface area contributed by atoms with Gasteiger partial charge in [-0.2, -0.15) is 4.52 Å². The summed E-state index contributed by atoms with van der Waals surface area (Å²) in [5, 5.41) is 4.81. The van der Waals surface area contributed by atoms with Crippen molar-refractivity contribution in [3.05, 3.63) is 36.8 Å². The van der Waals surface area contributed by atoms with Crippen LogP contribution in [0.5, 0.6) is 0 Å². The van der Waals surface area contributed by atoms with E-state index in [2.05, 4.69) is 15.1 Å². The van der Waals surface area contributed by atoms with Gasteiger partial charge < -0.3 is 9.54 Å². The molecule has 0 atom stereocenters. The number of rotatable bonds is 1. The summed E-state index contributed by atoms with van der Waals surface area (Å²) in [4.78, 5) is 8.02. The Morgan fingerprint density at radius 1 is 1.25 bits per heavy atom. The molecule has 0 aliphatic heterocycles. The minimum absolute atomic E-state index is 0.269. The summed E-state index contributed by atoms with van der Waals surface area (Å²) in [7, 11) is -4.47. The van der Waals surface area contributed by atoms with E-state index in [-0.39, 0.29) is 4.90 Å². The number of hydrogen-bond acceptors (Lipinski definition) is 5. The van der Waals surface area contributed by atoms with Gasteiger partial charge in [-0.05, 0) is 24.4 Å². The molecule has 0 fully saturated rings. The minimum atomic E-state index is -4.47. The molecule has 100 valence electrons. The summed E-state index contributed by atoms with van der Waals surface area (Å²) in [6.45, 7) is 0. The highest BCUT2D eigenvalue weighted by Gasteiger charge is 2.13. The summed E-state index contributed by atoms with van der Waals surface area (Å²) in [5.74, 6) is 0. The second-order valence-corrected chi connectivity index (χ2v) is 5.62. The first-order chi connectivity index (χ1) is 9.54. The summed E-state index contributed by atoms with van der Waals surface area (Å²) < 4.78 is 36.3. The van der Waals surface area contributed by atoms with Gasteiger partial charge in [0, 0.05) is 6.20 Å². The minimum Gasteiger partial charge on any atom is -0.744 e. The molecule has 3 heterocycles. The smallest absolute Gasteiger partial charge is 0.211 e. The molecule has 0 radical (unpaired) electrons. The Morgan fingerprint density at radius 2 is 2.05 bits per heavy atom. The molecule has 0 unspecified atom stereocenters. The van der Waals surface area contributed by atoms with E-state index in [0.29, 0.717) is 22.2 Å². The first-order valence-corrected chi connectivity index (χ1v) is 7.02. The summed E-state index contributed by atoms with van der Waals surface area (Å²) in [6.07, 6.45) is 4.71. The highest BCUT2D eigenvalue weighted by molar-refractivity contribution is 7.85. The molecule has 0 aliphatic rings. The monoisotopic (exact) mass is 288 g/mol. The Hall–Kier alpha value is -2.52. The van der Waals surface area contributed by atoms with Gasteiger partial charge in [0.15, 0.2) is 5.65 Å². The zero-order chi connectivity index (χ0) is 13.9. The summed E-state index contributed by atoms with van der Waals surface area (Å²) >= 11 is 0. The highest BCUT2D eigenvalue weighted by Crippen LogP contribution is 2.19. The van der Waals surface area contributed by atoms with Crippen LogP contribution in [-0.2, 0) is 10.1 Å². The Labute approximate surface area is 112 Å². The molecule has 0 amide bonds. The van der Waals surface area contributed by atoms with Gasteiger partial charge in [0.1, 0.15) is 15.8 Å². The Balaban J connectivity index is 2.16. The molecular formula is C11H6N5O3S-. The quantitative estimate of drug-likeness (QED) is 0.345. The lowest BCUT2D eigenvalue weighted by atomic mass is 10.2. The van der Waals surface area contributed by atoms with Crippen LogP contribution in [0.2, 0.25) is 0 Å². The van der Waals surface area contributed by atoms with Gasteiger partial charge in [-0.25, -0.2) is 13.4 Å². The third kappa shape index (κ3) is 1.44. The van der Waals surface area contributed by atoms with Crippen molar-refractivity contribution in [2.45, 2.75) is 4.90 Å². The fourth-order valence-electron chi connectivity index (χ4n) is 2.20. The average molecular weight is 288 g/mol. The van der Waals surface area contributed by atoms with Gasteiger partial charge in [-0.15, -0.1) is 5.10 Å². The lowest BCUT2D eigenvalue weighted by molar-refractivity contribution is -0.671. The fourth-order valence-corrected chi connectivity index (χ4v) is 2.71. The van der Waals surface area contributed by atoms with Gasteiger partial charge in [0.2, 0.25) is 6.20 Å². The van der Waals surface area contributed by atoms with E-state index in [1.165, 1.54) is 16.8 Å². The first kappa shape index (κ1) is 11.3. The van der Waals surface area contributed by atoms with E-state index in [1.807, 2.05) is 0 Å². The molecule has 0 N–H and O–H groups in total. The normalized spacial score (nSPS) is 12.7. The van der Waals surface area contributed by atoms with Gasteiger partial charge in [0.25, 0.3) is 0 Å². The first-order valence-electron chi connectivity index (χ1n) is 5.61. The number of fused-ring (bicyclic) bond motifs is 5. The van der Waals surface area contributed by atoms with E-state index < -0.39 is 10.1 Å². The summed E-state index contributed by atoms with van der Waals surface area (Å²) in [5.41, 5.74) is 1.73. The van der Waals surface area contributed by atoms with Crippen molar-refractivity contribution in [1.29, 1.82) is 0 Å². The van der Waals surface area contributed by atoms with Gasteiger partial charge in [-0.3, -0.25) is 0 Å². The number of benzene rings is 1. The maximum atomic E-state index is 11.0. The molecule has 8 nitrogen and oxygen atoms in total. The molecule has 0 aliphatic carbocycles. The highest BCUT2D eigenvalue weighted by atomic mass is 32.2. The molecule has 1 aromatic carbocycles. The molecule has 0 saturated carbocycles. The Bertz CT molecular complexity index is 1080. The van der Waals surface area contributed by atoms with Gasteiger partial charge in [-0.1, -0.05) is 4.63 Å². The maximum absolute atomic E-state index is 11.0. The van der Waals surface area contributed by atoms with Crippen LogP contribution >= 0.6 is 0 Å². The maximum Gasteiger partial charge on any atom is 0.211 e. The van der Waals surface area contributed by atoms with Gasteiger partial charge in [0.05, 0.1) is 15.8 Å². The fraction of sp³-hybridized carbons (Fsp3) is 0. The van der Waals surface area contributed by atoms with Crippen molar-refractivity contribution in [2.24, 2.45) is 0 Å². The van der Waals surface area contributed by atoms with Crippen LogP contribution in [0.3, 0.4) is 0 Å². The van der Waals surface area contributed by atoms with Crippen LogP contribution in [0.1, 0.15) is 0 Å². The van der Waals surface area contributed by atoms with Crippen molar-refractivity contribution in [3.8, 4) is 0 Å². The zero-order valence-electron chi connectivity index (χ0n) is 9.83. The molecule has 9 heteroatoms. The SMILES string of the molecule is O=S(=O)([O-])c1ccc2c(c1)c[n+]1[n-]c3nccnc3n21. The number of aromatic nitrogens is 5. The third-order valence-electron chi connectivity index (χ3n) is 3.03. The predicted octanol–water partition coefficient (Wildman–Crippen LogP) is -0.517. The standard InChI is InChI=1S/C11H7N5O3S/c17-20(18,19)8-1-2-9-7(5-8)6-15-14-10-11(16(9)15)13-4-3-12-10/h1-6H,(H,17,18,19)/p-1. The lowest BCUT2D eigenvalue weighted by Crippen LogP contribution is -2.28. The molecule has 3 aromatic heterocycles. The molecule has 20 heavy (non-hydrogen) atoms. The predicted molar refractivity (Wildman–Crippen MR) is 64.9 cm³/mol. The van der Waals surface area contributed by atoms with Crippen molar-refractivity contribution in [3.63, 3.8) is 0 Å². The van der Waals surface area contributed by atoms with E-state index in [1.54, 1.807) is 29.2 Å². The molecular weight excluding hydrogens is 282 g/mol. The second kappa shape index (κ2) is 3.52. The third-order valence-corrected chi connectivity index (χ3v) is 3.86. The van der Waals surface area contributed by atoms with Crippen LogP contribution in [-0.4, -0.2) is 27.5 Å². The molecule has 0 saturated heterocycles. The van der Waals surface area contributed by atoms with Crippen molar-refractivity contribution in [2.75, 3.05) is 0 Å². The molecule has 4 aromatic rings. The van der Waals surface area contributed by atoms with Crippen molar-refractivity contribution >= 4 is 32.3 Å². The summed E-state index contributed by atoms with van der Waals surface area (Å²) in [6, 6.07) is 4.14. The van der Waals surface area contributed by atoms with Crippen LogP contribution in [0.4, 0.5) is 0 Å². The Morgan fingerprint density at radius 3 is 2.85 bits per heavy atom. The van der Waals surface area contributed by atoms with Crippen molar-refractivity contribution in [1.82, 2.24) is 19.6 Å². The lowest BCUT2D eigenvalue weighted by Gasteiger charge is -2.05. The van der Waals surface area contributed by atoms with Gasteiger partial charge >= 0.3 is 0 Å². The average Bonchev–Trinajstić information content (AvgIpc) is 2.91. The topological polar surface area (TPSA) is 106 Å². The van der Waals surface area contributed by atoms with E-state index >= 15 is 0 Å². The Kier molecular flexibility index (Phi) is 1.99. The van der Waals surface area contributed by atoms with Crippen LogP contribution < -0.4 is 9.73 Å². The van der Waals surface area contributed by atoms with E-state index in [9.17, 15) is 13.0 Å². The van der Waals surface area contributed by atoms with E-state index in [0.717, 1.165) is 0 Å². The molecule has 0 spiro atoms. The largest absolute Gasteiger partial charge is 0.744 e. The van der Waals surface area contributed by atoms with Crippen LogP contribution in [0.15, 0.2) is 41.7 Å². The number of nitrogens with zero attached hydrogens (tertiary/aromatic N) is 5. The zero-order valence-corrected chi connectivity index (χ0v) is 10.6. The second-order valence-electron chi connectivity index (χ2n) is 4.24. The van der Waals surface area contributed by atoms with Crippen LogP contribution in [0, 0.1) is 0 Å².